The van der Waals surface area contributed by atoms with E-state index < -0.39 is 0 Å². The van der Waals surface area contributed by atoms with Crippen molar-refractivity contribution >= 4 is 11.9 Å². The lowest BCUT2D eigenvalue weighted by Crippen LogP contribution is -2.19. The summed E-state index contributed by atoms with van der Waals surface area (Å²) in [6.07, 6.45) is 8.92. The average molecular weight is 288 g/mol. The van der Waals surface area contributed by atoms with Gasteiger partial charge in [-0.05, 0) is 19.3 Å². The van der Waals surface area contributed by atoms with Crippen molar-refractivity contribution in [1.82, 2.24) is 29.7 Å². The molecule has 2 N–H and O–H groups in total. The molecule has 21 heavy (non-hydrogen) atoms. The number of hydrogen-bond acceptors (Lipinski definition) is 7. The highest BCUT2D eigenvalue weighted by Crippen LogP contribution is 2.21. The summed E-state index contributed by atoms with van der Waals surface area (Å²) >= 11 is 0. The van der Waals surface area contributed by atoms with Gasteiger partial charge in [-0.1, -0.05) is 19.8 Å². The maximum atomic E-state index is 4.44. The molecule has 0 radical (unpaired) electrons. The SMILES string of the molecule is CCCNc1nc(NC2CCCC2)nc(-n2cncn2)n1. The van der Waals surface area contributed by atoms with Crippen LogP contribution < -0.4 is 10.6 Å². The summed E-state index contributed by atoms with van der Waals surface area (Å²) in [7, 11) is 0. The summed E-state index contributed by atoms with van der Waals surface area (Å²) < 4.78 is 1.54. The molecule has 0 saturated heterocycles. The third-order valence-corrected chi connectivity index (χ3v) is 3.47. The molecular weight excluding hydrogens is 268 g/mol. The summed E-state index contributed by atoms with van der Waals surface area (Å²) in [5.41, 5.74) is 0. The number of rotatable bonds is 6. The van der Waals surface area contributed by atoms with E-state index in [0.717, 1.165) is 13.0 Å². The zero-order valence-electron chi connectivity index (χ0n) is 12.2. The Morgan fingerprint density at radius 1 is 1.19 bits per heavy atom. The van der Waals surface area contributed by atoms with Crippen LogP contribution in [0.2, 0.25) is 0 Å². The average Bonchev–Trinajstić information content (AvgIpc) is 3.18. The number of nitrogens with one attached hydrogen (secondary N) is 2. The second-order valence-corrected chi connectivity index (χ2v) is 5.18. The fourth-order valence-corrected chi connectivity index (χ4v) is 2.41. The smallest absolute Gasteiger partial charge is 0.258 e. The molecule has 3 rings (SSSR count). The quantitative estimate of drug-likeness (QED) is 0.834. The molecule has 2 aromatic heterocycles. The first-order valence-electron chi connectivity index (χ1n) is 7.46. The van der Waals surface area contributed by atoms with Crippen molar-refractivity contribution in [2.75, 3.05) is 17.2 Å². The van der Waals surface area contributed by atoms with Crippen molar-refractivity contribution in [3.05, 3.63) is 12.7 Å². The molecule has 0 atom stereocenters. The van der Waals surface area contributed by atoms with Crippen LogP contribution in [0.1, 0.15) is 39.0 Å². The van der Waals surface area contributed by atoms with E-state index in [1.165, 1.54) is 32.0 Å². The Balaban J connectivity index is 1.84. The van der Waals surface area contributed by atoms with Crippen molar-refractivity contribution in [1.29, 1.82) is 0 Å². The van der Waals surface area contributed by atoms with Gasteiger partial charge in [0.2, 0.25) is 11.9 Å². The standard InChI is InChI=1S/C13H20N8/c1-2-7-15-11-18-12(17-10-5-3-4-6-10)20-13(19-11)21-9-14-8-16-21/h8-10H,2-7H2,1H3,(H2,15,17,18,19,20). The molecule has 0 unspecified atom stereocenters. The highest BCUT2D eigenvalue weighted by Gasteiger charge is 2.17. The van der Waals surface area contributed by atoms with Gasteiger partial charge in [0.15, 0.2) is 0 Å². The predicted molar refractivity (Wildman–Crippen MR) is 79.4 cm³/mol. The molecule has 0 aliphatic heterocycles. The van der Waals surface area contributed by atoms with Gasteiger partial charge >= 0.3 is 0 Å². The van der Waals surface area contributed by atoms with Crippen LogP contribution in [-0.2, 0) is 0 Å². The van der Waals surface area contributed by atoms with Crippen molar-refractivity contribution in [3.8, 4) is 5.95 Å². The highest BCUT2D eigenvalue weighted by atomic mass is 15.4. The van der Waals surface area contributed by atoms with Crippen molar-refractivity contribution < 1.29 is 0 Å². The van der Waals surface area contributed by atoms with Crippen molar-refractivity contribution in [3.63, 3.8) is 0 Å². The topological polar surface area (TPSA) is 93.4 Å². The summed E-state index contributed by atoms with van der Waals surface area (Å²) in [4.78, 5) is 17.2. The predicted octanol–water partition coefficient (Wildman–Crippen LogP) is 1.63. The number of nitrogens with zero attached hydrogens (tertiary/aromatic N) is 6. The van der Waals surface area contributed by atoms with E-state index in [4.69, 9.17) is 0 Å². The Hall–Kier alpha value is -2.25. The lowest BCUT2D eigenvalue weighted by atomic mass is 10.3. The van der Waals surface area contributed by atoms with Crippen LogP contribution in [0.25, 0.3) is 5.95 Å². The molecular formula is C13H20N8. The number of anilines is 2. The lowest BCUT2D eigenvalue weighted by Gasteiger charge is -2.13. The van der Waals surface area contributed by atoms with Crippen LogP contribution in [-0.4, -0.2) is 42.3 Å². The summed E-state index contributed by atoms with van der Waals surface area (Å²) in [6.45, 7) is 2.92. The Morgan fingerprint density at radius 3 is 2.71 bits per heavy atom. The molecule has 112 valence electrons. The van der Waals surface area contributed by atoms with E-state index in [0.29, 0.717) is 23.9 Å². The largest absolute Gasteiger partial charge is 0.354 e. The van der Waals surface area contributed by atoms with Gasteiger partial charge in [-0.15, -0.1) is 0 Å². The first-order valence-corrected chi connectivity index (χ1v) is 7.46. The molecule has 1 aliphatic carbocycles. The first kappa shape index (κ1) is 13.7. The number of aromatic nitrogens is 6. The third-order valence-electron chi connectivity index (χ3n) is 3.47. The minimum absolute atomic E-state index is 0.454. The van der Waals surface area contributed by atoms with Gasteiger partial charge in [0.05, 0.1) is 0 Å². The van der Waals surface area contributed by atoms with E-state index >= 15 is 0 Å². The summed E-state index contributed by atoms with van der Waals surface area (Å²) in [5, 5.41) is 10.7. The second kappa shape index (κ2) is 6.47. The van der Waals surface area contributed by atoms with Crippen LogP contribution in [0.15, 0.2) is 12.7 Å². The monoisotopic (exact) mass is 288 g/mol. The minimum atomic E-state index is 0.454. The fraction of sp³-hybridized carbons (Fsp3) is 0.615. The molecule has 2 aromatic rings. The Morgan fingerprint density at radius 2 is 2.00 bits per heavy atom. The normalized spacial score (nSPS) is 15.3. The van der Waals surface area contributed by atoms with Gasteiger partial charge < -0.3 is 10.6 Å². The zero-order chi connectivity index (χ0) is 14.5. The van der Waals surface area contributed by atoms with Gasteiger partial charge in [-0.25, -0.2) is 4.98 Å². The minimum Gasteiger partial charge on any atom is -0.354 e. The Labute approximate surface area is 123 Å². The molecule has 0 spiro atoms. The third kappa shape index (κ3) is 3.45. The first-order chi connectivity index (χ1) is 10.3. The van der Waals surface area contributed by atoms with Gasteiger partial charge in [0.1, 0.15) is 12.7 Å². The summed E-state index contributed by atoms with van der Waals surface area (Å²) in [5.74, 6) is 1.64. The molecule has 0 aromatic carbocycles. The van der Waals surface area contributed by atoms with Crippen LogP contribution in [0.3, 0.4) is 0 Å². The van der Waals surface area contributed by atoms with E-state index in [1.54, 1.807) is 11.0 Å². The van der Waals surface area contributed by atoms with Crippen LogP contribution in [0.4, 0.5) is 11.9 Å². The maximum Gasteiger partial charge on any atom is 0.258 e. The molecule has 0 bridgehead atoms. The molecule has 1 fully saturated rings. The molecule has 2 heterocycles. The van der Waals surface area contributed by atoms with E-state index in [1.807, 2.05) is 0 Å². The Kier molecular flexibility index (Phi) is 4.23. The molecule has 8 nitrogen and oxygen atoms in total. The van der Waals surface area contributed by atoms with Crippen molar-refractivity contribution in [2.24, 2.45) is 0 Å². The zero-order valence-corrected chi connectivity index (χ0v) is 12.2. The van der Waals surface area contributed by atoms with Crippen LogP contribution in [0, 0.1) is 0 Å². The lowest BCUT2D eigenvalue weighted by molar-refractivity contribution is 0.732. The van der Waals surface area contributed by atoms with E-state index in [2.05, 4.69) is 42.6 Å². The molecule has 0 amide bonds. The molecule has 1 saturated carbocycles. The molecule has 1 aliphatic rings. The van der Waals surface area contributed by atoms with Crippen LogP contribution >= 0.6 is 0 Å². The fourth-order valence-electron chi connectivity index (χ4n) is 2.41. The van der Waals surface area contributed by atoms with Crippen LogP contribution in [0.5, 0.6) is 0 Å². The highest BCUT2D eigenvalue weighted by molar-refractivity contribution is 5.38. The van der Waals surface area contributed by atoms with Gasteiger partial charge in [0.25, 0.3) is 5.95 Å². The number of hydrogen-bond donors (Lipinski definition) is 2. The van der Waals surface area contributed by atoms with Gasteiger partial charge in [-0.2, -0.15) is 24.7 Å². The maximum absolute atomic E-state index is 4.44. The second-order valence-electron chi connectivity index (χ2n) is 5.18. The van der Waals surface area contributed by atoms with E-state index in [-0.39, 0.29) is 0 Å². The van der Waals surface area contributed by atoms with Gasteiger partial charge in [-0.3, -0.25) is 0 Å². The summed E-state index contributed by atoms with van der Waals surface area (Å²) in [6, 6.07) is 0.454. The van der Waals surface area contributed by atoms with E-state index in [9.17, 15) is 0 Å². The molecule has 8 heteroatoms. The van der Waals surface area contributed by atoms with Crippen molar-refractivity contribution in [2.45, 2.75) is 45.1 Å². The Bertz CT molecular complexity index is 562. The van der Waals surface area contributed by atoms with Gasteiger partial charge in [0, 0.05) is 12.6 Å².